The van der Waals surface area contributed by atoms with Crippen LogP contribution in [0.2, 0.25) is 0 Å². The zero-order valence-electron chi connectivity index (χ0n) is 15.2. The van der Waals surface area contributed by atoms with Gasteiger partial charge in [0, 0.05) is 18.8 Å². The number of Topliss-reactive ketones (excluding diaryl/α,β-unsaturated/α-hetero) is 1. The van der Waals surface area contributed by atoms with Crippen LogP contribution in [0.3, 0.4) is 0 Å². The summed E-state index contributed by atoms with van der Waals surface area (Å²) < 4.78 is 6.06. The molecule has 5 nitrogen and oxygen atoms in total. The maximum absolute atomic E-state index is 13.4. The van der Waals surface area contributed by atoms with Gasteiger partial charge in [0.2, 0.25) is 11.8 Å². The first-order valence-corrected chi connectivity index (χ1v) is 9.97. The Kier molecular flexibility index (Phi) is 3.92. The Hall–Kier alpha value is -2.43. The highest BCUT2D eigenvalue weighted by Gasteiger charge is 2.58. The topological polar surface area (TPSA) is 63.7 Å². The lowest BCUT2D eigenvalue weighted by molar-refractivity contribution is -0.124. The lowest BCUT2D eigenvalue weighted by Gasteiger charge is -2.41. The van der Waals surface area contributed by atoms with Crippen LogP contribution in [0.5, 0.6) is 0 Å². The standard InChI is InChI=1S/C22H23NO4/c24-14-8-10-15-16(11-9-14)20-17(7-4-12-27-20)19-18(15)21(25)23(22(19)26)13-5-2-1-3-6-13/h1-3,5-6,15-16,18-19H,4,7-12H2/t15-,16+,18-,19+/m0/s1. The first-order valence-electron chi connectivity index (χ1n) is 9.97. The summed E-state index contributed by atoms with van der Waals surface area (Å²) in [7, 11) is 0. The number of para-hydroxylation sites is 1. The molecule has 0 spiro atoms. The molecule has 2 fully saturated rings. The van der Waals surface area contributed by atoms with Gasteiger partial charge < -0.3 is 4.74 Å². The van der Waals surface area contributed by atoms with Crippen molar-refractivity contribution in [3.63, 3.8) is 0 Å². The maximum Gasteiger partial charge on any atom is 0.241 e. The largest absolute Gasteiger partial charge is 0.498 e. The molecule has 0 unspecified atom stereocenters. The number of ketones is 1. The van der Waals surface area contributed by atoms with E-state index in [0.717, 1.165) is 30.6 Å². The highest BCUT2D eigenvalue weighted by Crippen LogP contribution is 2.54. The van der Waals surface area contributed by atoms with Gasteiger partial charge in [-0.25, -0.2) is 4.90 Å². The van der Waals surface area contributed by atoms with Crippen molar-refractivity contribution in [2.75, 3.05) is 11.5 Å². The Morgan fingerprint density at radius 1 is 0.926 bits per heavy atom. The number of benzene rings is 1. The second-order valence-electron chi connectivity index (χ2n) is 8.08. The molecule has 4 aliphatic rings. The van der Waals surface area contributed by atoms with Crippen LogP contribution in [0.25, 0.3) is 0 Å². The third kappa shape index (κ3) is 2.47. The summed E-state index contributed by atoms with van der Waals surface area (Å²) in [5.74, 6) is 0.315. The predicted molar refractivity (Wildman–Crippen MR) is 98.6 cm³/mol. The minimum atomic E-state index is -0.414. The molecule has 0 bridgehead atoms. The molecule has 1 aromatic carbocycles. The summed E-state index contributed by atoms with van der Waals surface area (Å²) >= 11 is 0. The van der Waals surface area contributed by atoms with E-state index in [0.29, 0.717) is 31.6 Å². The number of hydrogen-bond donors (Lipinski definition) is 0. The summed E-state index contributed by atoms with van der Waals surface area (Å²) in [5.41, 5.74) is 1.67. The van der Waals surface area contributed by atoms with Crippen molar-refractivity contribution in [1.29, 1.82) is 0 Å². The quantitative estimate of drug-likeness (QED) is 0.717. The molecular formula is C22H23NO4. The van der Waals surface area contributed by atoms with Gasteiger partial charge in [0.25, 0.3) is 0 Å². The van der Waals surface area contributed by atoms with E-state index in [1.165, 1.54) is 4.90 Å². The van der Waals surface area contributed by atoms with Crippen LogP contribution in [0.15, 0.2) is 41.7 Å². The number of amides is 2. The Morgan fingerprint density at radius 3 is 2.52 bits per heavy atom. The highest BCUT2D eigenvalue weighted by atomic mass is 16.5. The van der Waals surface area contributed by atoms with E-state index in [9.17, 15) is 14.4 Å². The van der Waals surface area contributed by atoms with E-state index in [-0.39, 0.29) is 35.4 Å². The van der Waals surface area contributed by atoms with Gasteiger partial charge in [0.15, 0.2) is 0 Å². The van der Waals surface area contributed by atoms with E-state index in [1.807, 2.05) is 30.3 Å². The minimum absolute atomic E-state index is 0.0171. The average molecular weight is 365 g/mol. The molecular weight excluding hydrogens is 342 g/mol. The molecule has 0 aromatic heterocycles. The first kappa shape index (κ1) is 16.7. The summed E-state index contributed by atoms with van der Waals surface area (Å²) in [6.45, 7) is 0.665. The number of anilines is 1. The number of rotatable bonds is 1. The molecule has 2 aliphatic carbocycles. The highest BCUT2D eigenvalue weighted by molar-refractivity contribution is 6.23. The van der Waals surface area contributed by atoms with E-state index in [4.69, 9.17) is 4.74 Å². The maximum atomic E-state index is 13.4. The molecule has 140 valence electrons. The number of nitrogens with zero attached hydrogens (tertiary/aromatic N) is 1. The molecule has 2 heterocycles. The van der Waals surface area contributed by atoms with Gasteiger partial charge in [-0.3, -0.25) is 14.4 Å². The number of carbonyl (C=O) groups is 3. The fourth-order valence-corrected chi connectivity index (χ4v) is 5.57. The van der Waals surface area contributed by atoms with E-state index in [2.05, 4.69) is 0 Å². The van der Waals surface area contributed by atoms with Crippen molar-refractivity contribution in [1.82, 2.24) is 0 Å². The van der Waals surface area contributed by atoms with Gasteiger partial charge in [-0.15, -0.1) is 0 Å². The third-order valence-corrected chi connectivity index (χ3v) is 6.71. The van der Waals surface area contributed by atoms with E-state index < -0.39 is 5.92 Å². The van der Waals surface area contributed by atoms with Crippen molar-refractivity contribution in [3.8, 4) is 0 Å². The number of carbonyl (C=O) groups excluding carboxylic acids is 3. The third-order valence-electron chi connectivity index (χ3n) is 6.71. The predicted octanol–water partition coefficient (Wildman–Crippen LogP) is 3.25. The molecule has 5 heteroatoms. The van der Waals surface area contributed by atoms with Gasteiger partial charge in [-0.05, 0) is 49.3 Å². The number of hydrogen-bond acceptors (Lipinski definition) is 4. The number of ether oxygens (including phenoxy) is 1. The van der Waals surface area contributed by atoms with Gasteiger partial charge in [0.1, 0.15) is 5.78 Å². The molecule has 27 heavy (non-hydrogen) atoms. The Labute approximate surface area is 158 Å². The zero-order valence-corrected chi connectivity index (χ0v) is 15.2. The summed E-state index contributed by atoms with van der Waals surface area (Å²) in [4.78, 5) is 40.3. The first-order chi connectivity index (χ1) is 13.2. The van der Waals surface area contributed by atoms with E-state index >= 15 is 0 Å². The molecule has 5 rings (SSSR count). The van der Waals surface area contributed by atoms with Crippen molar-refractivity contribution in [2.24, 2.45) is 23.7 Å². The minimum Gasteiger partial charge on any atom is -0.498 e. The van der Waals surface area contributed by atoms with Crippen LogP contribution in [0.1, 0.15) is 38.5 Å². The van der Waals surface area contributed by atoms with Crippen LogP contribution in [-0.4, -0.2) is 24.2 Å². The molecule has 1 aromatic rings. The van der Waals surface area contributed by atoms with Crippen LogP contribution in [-0.2, 0) is 19.1 Å². The fourth-order valence-electron chi connectivity index (χ4n) is 5.57. The number of imide groups is 1. The van der Waals surface area contributed by atoms with Crippen molar-refractivity contribution in [3.05, 3.63) is 41.7 Å². The Balaban J connectivity index is 1.62. The SMILES string of the molecule is O=C1CC[C@@H]2[C@@H]3C(=O)N(c4ccccc4)C(=O)[C@@H]3C3=C(OCCC3)[C@@H]2CC1. The van der Waals surface area contributed by atoms with E-state index in [1.54, 1.807) is 0 Å². The van der Waals surface area contributed by atoms with Crippen molar-refractivity contribution >= 4 is 23.3 Å². The van der Waals surface area contributed by atoms with Crippen molar-refractivity contribution in [2.45, 2.75) is 38.5 Å². The molecule has 0 radical (unpaired) electrons. The van der Waals surface area contributed by atoms with Crippen LogP contribution >= 0.6 is 0 Å². The zero-order chi connectivity index (χ0) is 18.5. The van der Waals surface area contributed by atoms with Gasteiger partial charge in [-0.1, -0.05) is 18.2 Å². The Morgan fingerprint density at radius 2 is 1.70 bits per heavy atom. The number of fused-ring (bicyclic) bond motifs is 5. The molecule has 2 aliphatic heterocycles. The Bertz CT molecular complexity index is 843. The number of allylic oxidation sites excluding steroid dienone is 1. The van der Waals surface area contributed by atoms with Crippen LogP contribution < -0.4 is 4.90 Å². The van der Waals surface area contributed by atoms with Crippen LogP contribution in [0, 0.1) is 23.7 Å². The average Bonchev–Trinajstić information content (AvgIpc) is 2.83. The summed E-state index contributed by atoms with van der Waals surface area (Å²) in [6.07, 6.45) is 4.15. The molecule has 0 N–H and O–H groups in total. The van der Waals surface area contributed by atoms with Crippen LogP contribution in [0.4, 0.5) is 5.69 Å². The fraction of sp³-hybridized carbons (Fsp3) is 0.500. The van der Waals surface area contributed by atoms with Gasteiger partial charge >= 0.3 is 0 Å². The lowest BCUT2D eigenvalue weighted by Crippen LogP contribution is -2.40. The molecule has 1 saturated heterocycles. The van der Waals surface area contributed by atoms with Crippen molar-refractivity contribution < 1.29 is 19.1 Å². The second-order valence-corrected chi connectivity index (χ2v) is 8.08. The monoisotopic (exact) mass is 365 g/mol. The lowest BCUT2D eigenvalue weighted by atomic mass is 9.64. The smallest absolute Gasteiger partial charge is 0.241 e. The molecule has 2 amide bonds. The van der Waals surface area contributed by atoms with Gasteiger partial charge in [0.05, 0.1) is 29.9 Å². The molecule has 1 saturated carbocycles. The normalized spacial score (nSPS) is 33.2. The second kappa shape index (κ2) is 6.32. The summed E-state index contributed by atoms with van der Waals surface area (Å²) in [6, 6.07) is 9.20. The van der Waals surface area contributed by atoms with Gasteiger partial charge in [-0.2, -0.15) is 0 Å². The summed E-state index contributed by atoms with van der Waals surface area (Å²) in [5, 5.41) is 0. The molecule has 4 atom stereocenters.